The molecule has 1 aromatic heterocycles. The van der Waals surface area contributed by atoms with Gasteiger partial charge in [0.25, 0.3) is 0 Å². The van der Waals surface area contributed by atoms with Crippen molar-refractivity contribution in [3.05, 3.63) is 78.1 Å². The molecule has 2 aromatic carbocycles. The summed E-state index contributed by atoms with van der Waals surface area (Å²) >= 11 is 1.87. The standard InChI is InChI=1S/C26H32FN5S/c1-19-15-30(13-12-25(19)31-17-28-29-18-31)23-10-9-22(24(27)14-23)16-32-20(2)8-11-26(33-32)21-6-4-3-5-7-21/h3-7,9-10,14,17-20,25-26H,8,11-13,15-16H2,1-2H3/t19-,20?,25?,26?/m0/s1. The predicted molar refractivity (Wildman–Crippen MR) is 132 cm³/mol. The van der Waals surface area contributed by atoms with Crippen molar-refractivity contribution in [3.8, 4) is 0 Å². The van der Waals surface area contributed by atoms with Gasteiger partial charge in [-0.3, -0.25) is 0 Å². The first-order chi connectivity index (χ1) is 16.1. The van der Waals surface area contributed by atoms with Crippen molar-refractivity contribution in [1.82, 2.24) is 19.1 Å². The molecule has 33 heavy (non-hydrogen) atoms. The number of benzene rings is 2. The van der Waals surface area contributed by atoms with Crippen LogP contribution in [0.4, 0.5) is 10.1 Å². The highest BCUT2D eigenvalue weighted by molar-refractivity contribution is 7.97. The fraction of sp³-hybridized carbons (Fsp3) is 0.462. The fourth-order valence-electron chi connectivity index (χ4n) is 5.16. The Kier molecular flexibility index (Phi) is 6.69. The SMILES string of the molecule is CC1CCC(c2ccccc2)SN1Cc1ccc(N2CCC(n3cnnc3)[C@@H](C)C2)cc1F. The molecule has 0 saturated carbocycles. The number of anilines is 1. The summed E-state index contributed by atoms with van der Waals surface area (Å²) in [6.07, 6.45) is 6.90. The van der Waals surface area contributed by atoms with E-state index in [1.54, 1.807) is 18.7 Å². The molecule has 2 aliphatic heterocycles. The second kappa shape index (κ2) is 9.85. The van der Waals surface area contributed by atoms with Gasteiger partial charge in [0.05, 0.1) is 0 Å². The molecule has 2 aliphatic rings. The van der Waals surface area contributed by atoms with Gasteiger partial charge in [0.2, 0.25) is 0 Å². The molecule has 4 atom stereocenters. The van der Waals surface area contributed by atoms with Crippen molar-refractivity contribution in [2.75, 3.05) is 18.0 Å². The van der Waals surface area contributed by atoms with Crippen LogP contribution < -0.4 is 4.90 Å². The zero-order chi connectivity index (χ0) is 22.8. The van der Waals surface area contributed by atoms with E-state index in [0.29, 0.717) is 29.8 Å². The summed E-state index contributed by atoms with van der Waals surface area (Å²) in [5.41, 5.74) is 3.12. The molecule has 7 heteroatoms. The van der Waals surface area contributed by atoms with Gasteiger partial charge in [-0.1, -0.05) is 55.3 Å². The van der Waals surface area contributed by atoms with Crippen LogP contribution in [0.1, 0.15) is 55.5 Å². The summed E-state index contributed by atoms with van der Waals surface area (Å²) in [5, 5.41) is 8.34. The van der Waals surface area contributed by atoms with E-state index in [2.05, 4.69) is 74.2 Å². The van der Waals surface area contributed by atoms with Crippen molar-refractivity contribution in [2.24, 2.45) is 5.92 Å². The monoisotopic (exact) mass is 465 g/mol. The summed E-state index contributed by atoms with van der Waals surface area (Å²) < 4.78 is 19.7. The van der Waals surface area contributed by atoms with Crippen LogP contribution in [0.3, 0.4) is 0 Å². The molecule has 3 unspecified atom stereocenters. The minimum atomic E-state index is -0.101. The molecule has 3 heterocycles. The third-order valence-electron chi connectivity index (χ3n) is 7.18. The lowest BCUT2D eigenvalue weighted by molar-refractivity contribution is 0.296. The van der Waals surface area contributed by atoms with E-state index in [1.807, 2.05) is 18.0 Å². The minimum absolute atomic E-state index is 0.101. The topological polar surface area (TPSA) is 37.2 Å². The third kappa shape index (κ3) is 4.94. The highest BCUT2D eigenvalue weighted by Crippen LogP contribution is 2.43. The van der Waals surface area contributed by atoms with Crippen LogP contribution in [-0.4, -0.2) is 38.2 Å². The van der Waals surface area contributed by atoms with E-state index in [4.69, 9.17) is 0 Å². The van der Waals surface area contributed by atoms with Gasteiger partial charge in [0, 0.05) is 48.2 Å². The first-order valence-electron chi connectivity index (χ1n) is 11.9. The van der Waals surface area contributed by atoms with Gasteiger partial charge in [0.15, 0.2) is 0 Å². The van der Waals surface area contributed by atoms with Crippen molar-refractivity contribution < 1.29 is 4.39 Å². The average Bonchev–Trinajstić information content (AvgIpc) is 3.37. The summed E-state index contributed by atoms with van der Waals surface area (Å²) in [6.45, 7) is 6.94. The lowest BCUT2D eigenvalue weighted by Gasteiger charge is -2.39. The third-order valence-corrected chi connectivity index (χ3v) is 8.70. The Bertz CT molecular complexity index is 1040. The molecular weight excluding hydrogens is 433 g/mol. The lowest BCUT2D eigenvalue weighted by Crippen LogP contribution is -2.40. The molecule has 5 nitrogen and oxygen atoms in total. The first-order valence-corrected chi connectivity index (χ1v) is 12.8. The summed E-state index contributed by atoms with van der Waals surface area (Å²) in [4.78, 5) is 2.31. The van der Waals surface area contributed by atoms with Crippen molar-refractivity contribution in [3.63, 3.8) is 0 Å². The van der Waals surface area contributed by atoms with Crippen LogP contribution in [0.2, 0.25) is 0 Å². The predicted octanol–water partition coefficient (Wildman–Crippen LogP) is 5.88. The van der Waals surface area contributed by atoms with E-state index < -0.39 is 0 Å². The second-order valence-electron chi connectivity index (χ2n) is 9.47. The first kappa shape index (κ1) is 22.4. The van der Waals surface area contributed by atoms with Crippen LogP contribution in [0, 0.1) is 11.7 Å². The molecule has 0 N–H and O–H groups in total. The summed E-state index contributed by atoms with van der Waals surface area (Å²) in [6, 6.07) is 17.3. The highest BCUT2D eigenvalue weighted by atomic mass is 32.2. The van der Waals surface area contributed by atoms with Crippen molar-refractivity contribution >= 4 is 17.6 Å². The largest absolute Gasteiger partial charge is 0.371 e. The normalized spacial score (nSPS) is 26.5. The number of nitrogens with zero attached hydrogens (tertiary/aromatic N) is 5. The van der Waals surface area contributed by atoms with Crippen LogP contribution in [0.15, 0.2) is 61.2 Å². The van der Waals surface area contributed by atoms with E-state index in [0.717, 1.165) is 43.6 Å². The van der Waals surface area contributed by atoms with Gasteiger partial charge < -0.3 is 9.47 Å². The molecular formula is C26H32FN5S. The maximum absolute atomic E-state index is 15.2. The average molecular weight is 466 g/mol. The molecule has 0 bridgehead atoms. The quantitative estimate of drug-likeness (QED) is 0.440. The van der Waals surface area contributed by atoms with Crippen LogP contribution in [0.25, 0.3) is 0 Å². The second-order valence-corrected chi connectivity index (χ2v) is 10.7. The van der Waals surface area contributed by atoms with Crippen LogP contribution in [-0.2, 0) is 6.54 Å². The Hall–Kier alpha value is -2.38. The summed E-state index contributed by atoms with van der Waals surface area (Å²) in [5.74, 6) is 0.341. The molecule has 0 aliphatic carbocycles. The molecule has 0 amide bonds. The smallest absolute Gasteiger partial charge is 0.129 e. The molecule has 0 radical (unpaired) electrons. The maximum atomic E-state index is 15.2. The maximum Gasteiger partial charge on any atom is 0.129 e. The molecule has 174 valence electrons. The van der Waals surface area contributed by atoms with Gasteiger partial charge in [-0.2, -0.15) is 0 Å². The molecule has 5 rings (SSSR count). The number of piperidine rings is 1. The number of aromatic nitrogens is 3. The van der Waals surface area contributed by atoms with Gasteiger partial charge in [-0.25, -0.2) is 8.70 Å². The number of hydrogen-bond donors (Lipinski definition) is 0. The minimum Gasteiger partial charge on any atom is -0.371 e. The van der Waals surface area contributed by atoms with E-state index in [1.165, 1.54) is 5.56 Å². The number of hydrogen-bond acceptors (Lipinski definition) is 5. The van der Waals surface area contributed by atoms with Gasteiger partial charge in [-0.15, -0.1) is 10.2 Å². The highest BCUT2D eigenvalue weighted by Gasteiger charge is 2.30. The zero-order valence-corrected chi connectivity index (χ0v) is 20.2. The Morgan fingerprint density at radius 1 is 1.00 bits per heavy atom. The Labute approximate surface area is 200 Å². The van der Waals surface area contributed by atoms with Gasteiger partial charge in [-0.05, 0) is 49.8 Å². The van der Waals surface area contributed by atoms with Crippen LogP contribution >= 0.6 is 11.9 Å². The van der Waals surface area contributed by atoms with E-state index in [-0.39, 0.29) is 5.82 Å². The molecule has 3 aromatic rings. The summed E-state index contributed by atoms with van der Waals surface area (Å²) in [7, 11) is 0. The van der Waals surface area contributed by atoms with Gasteiger partial charge >= 0.3 is 0 Å². The molecule has 2 saturated heterocycles. The zero-order valence-electron chi connectivity index (χ0n) is 19.3. The van der Waals surface area contributed by atoms with Gasteiger partial charge in [0.1, 0.15) is 18.5 Å². The van der Waals surface area contributed by atoms with Crippen molar-refractivity contribution in [2.45, 2.75) is 57.0 Å². The Morgan fingerprint density at radius 3 is 2.52 bits per heavy atom. The molecule has 0 spiro atoms. The Morgan fingerprint density at radius 2 is 1.79 bits per heavy atom. The molecule has 2 fully saturated rings. The fourth-order valence-corrected chi connectivity index (χ4v) is 6.54. The Balaban J connectivity index is 1.24. The lowest BCUT2D eigenvalue weighted by atomic mass is 9.93. The van der Waals surface area contributed by atoms with Crippen molar-refractivity contribution in [1.29, 1.82) is 0 Å². The number of rotatable bonds is 5. The van der Waals surface area contributed by atoms with E-state index >= 15 is 4.39 Å². The van der Waals surface area contributed by atoms with E-state index in [9.17, 15) is 0 Å². The van der Waals surface area contributed by atoms with Crippen LogP contribution in [0.5, 0.6) is 0 Å². The number of halogens is 1.